The summed E-state index contributed by atoms with van der Waals surface area (Å²) in [7, 11) is 0. The van der Waals surface area contributed by atoms with Gasteiger partial charge in [-0.3, -0.25) is 14.9 Å². The zero-order valence-corrected chi connectivity index (χ0v) is 14.8. The van der Waals surface area contributed by atoms with Crippen LogP contribution in [0.3, 0.4) is 0 Å². The van der Waals surface area contributed by atoms with Crippen LogP contribution in [0.1, 0.15) is 38.7 Å². The second kappa shape index (κ2) is 7.63. The molecule has 1 heterocycles. The maximum absolute atomic E-state index is 12.4. The number of amides is 1. The Kier molecular flexibility index (Phi) is 5.77. The summed E-state index contributed by atoms with van der Waals surface area (Å²) in [4.78, 5) is 36.9. The Morgan fingerprint density at radius 1 is 1.36 bits per heavy atom. The fourth-order valence-corrected chi connectivity index (χ4v) is 3.03. The first-order valence-corrected chi connectivity index (χ1v) is 8.35. The maximum Gasteiger partial charge on any atom is 0.410 e. The van der Waals surface area contributed by atoms with Gasteiger partial charge in [0.1, 0.15) is 11.4 Å². The molecule has 7 heteroatoms. The van der Waals surface area contributed by atoms with Crippen LogP contribution < -0.4 is 0 Å². The van der Waals surface area contributed by atoms with Crippen LogP contribution in [0.25, 0.3) is 0 Å². The Labute approximate surface area is 147 Å². The summed E-state index contributed by atoms with van der Waals surface area (Å²) in [5, 5.41) is 11.1. The van der Waals surface area contributed by atoms with Crippen LogP contribution in [0.15, 0.2) is 30.3 Å². The van der Waals surface area contributed by atoms with Crippen LogP contribution in [0.5, 0.6) is 0 Å². The molecule has 25 heavy (non-hydrogen) atoms. The molecule has 0 bridgehead atoms. The number of benzene rings is 1. The number of nitrogens with zero attached hydrogens (tertiary/aromatic N) is 2. The van der Waals surface area contributed by atoms with Crippen LogP contribution in [-0.2, 0) is 9.53 Å². The van der Waals surface area contributed by atoms with E-state index in [9.17, 15) is 19.7 Å². The molecule has 1 amide bonds. The molecular weight excluding hydrogens is 324 g/mol. The molecule has 0 saturated carbocycles. The standard InChI is InChI=1S/C18H24N2O5/c1-18(2,3)25-17(22)19-10-9-16(21)15(11-19)14(12-20(23)24)13-7-5-4-6-8-13/h4-8,14-15H,9-12H2,1-3H3/t14-,15-/m0/s1. The van der Waals surface area contributed by atoms with Gasteiger partial charge in [0, 0.05) is 30.4 Å². The zero-order chi connectivity index (χ0) is 18.6. The smallest absolute Gasteiger partial charge is 0.410 e. The van der Waals surface area contributed by atoms with Crippen LogP contribution in [-0.4, -0.2) is 46.9 Å². The van der Waals surface area contributed by atoms with Crippen LogP contribution in [0.4, 0.5) is 4.79 Å². The van der Waals surface area contributed by atoms with Gasteiger partial charge < -0.3 is 9.64 Å². The molecule has 0 aromatic heterocycles. The molecule has 1 aliphatic rings. The van der Waals surface area contributed by atoms with Crippen molar-refractivity contribution in [2.75, 3.05) is 19.6 Å². The van der Waals surface area contributed by atoms with E-state index in [0.717, 1.165) is 5.56 Å². The van der Waals surface area contributed by atoms with Crippen molar-refractivity contribution in [2.45, 2.75) is 38.7 Å². The molecule has 7 nitrogen and oxygen atoms in total. The molecule has 1 saturated heterocycles. The van der Waals surface area contributed by atoms with Crippen molar-refractivity contribution < 1.29 is 19.2 Å². The fourth-order valence-electron chi connectivity index (χ4n) is 3.03. The Bertz CT molecular complexity index is 639. The Morgan fingerprint density at radius 2 is 2.00 bits per heavy atom. The molecule has 2 rings (SSSR count). The third-order valence-corrected chi connectivity index (χ3v) is 4.17. The quantitative estimate of drug-likeness (QED) is 0.616. The first-order chi connectivity index (χ1) is 11.7. The molecule has 136 valence electrons. The molecule has 0 radical (unpaired) electrons. The Balaban J connectivity index is 2.22. The van der Waals surface area contributed by atoms with E-state index < -0.39 is 28.5 Å². The average molecular weight is 348 g/mol. The van der Waals surface area contributed by atoms with Gasteiger partial charge in [0.25, 0.3) is 0 Å². The predicted molar refractivity (Wildman–Crippen MR) is 92.0 cm³/mol. The molecule has 0 aliphatic carbocycles. The highest BCUT2D eigenvalue weighted by molar-refractivity contribution is 5.85. The molecule has 1 fully saturated rings. The fraction of sp³-hybridized carbons (Fsp3) is 0.556. The van der Waals surface area contributed by atoms with Crippen molar-refractivity contribution >= 4 is 11.9 Å². The Morgan fingerprint density at radius 3 is 2.56 bits per heavy atom. The van der Waals surface area contributed by atoms with E-state index in [1.165, 1.54) is 4.90 Å². The molecule has 0 N–H and O–H groups in total. The second-order valence-electron chi connectivity index (χ2n) is 7.28. The van der Waals surface area contributed by atoms with Crippen LogP contribution in [0, 0.1) is 16.0 Å². The summed E-state index contributed by atoms with van der Waals surface area (Å²) in [6.07, 6.45) is -0.303. The first-order valence-electron chi connectivity index (χ1n) is 8.35. The molecule has 1 aromatic rings. The molecule has 1 aromatic carbocycles. The van der Waals surface area contributed by atoms with Crippen molar-refractivity contribution in [2.24, 2.45) is 5.92 Å². The van der Waals surface area contributed by atoms with E-state index in [2.05, 4.69) is 0 Å². The number of ether oxygens (including phenoxy) is 1. The lowest BCUT2D eigenvalue weighted by atomic mass is 9.80. The second-order valence-corrected chi connectivity index (χ2v) is 7.28. The summed E-state index contributed by atoms with van der Waals surface area (Å²) in [5.41, 5.74) is 0.108. The van der Waals surface area contributed by atoms with Gasteiger partial charge in [0.15, 0.2) is 0 Å². The van der Waals surface area contributed by atoms with Crippen molar-refractivity contribution in [3.05, 3.63) is 46.0 Å². The lowest BCUT2D eigenvalue weighted by Crippen LogP contribution is -2.48. The van der Waals surface area contributed by atoms with Crippen LogP contribution >= 0.6 is 0 Å². The topological polar surface area (TPSA) is 89.8 Å². The van der Waals surface area contributed by atoms with Crippen molar-refractivity contribution in [1.82, 2.24) is 4.90 Å². The highest BCUT2D eigenvalue weighted by atomic mass is 16.6. The van der Waals surface area contributed by atoms with E-state index in [4.69, 9.17) is 4.74 Å². The lowest BCUT2D eigenvalue weighted by molar-refractivity contribution is -0.484. The third-order valence-electron chi connectivity index (χ3n) is 4.17. The van der Waals surface area contributed by atoms with E-state index in [-0.39, 0.29) is 31.8 Å². The summed E-state index contributed by atoms with van der Waals surface area (Å²) < 4.78 is 5.37. The summed E-state index contributed by atoms with van der Waals surface area (Å²) in [6, 6.07) is 8.98. The van der Waals surface area contributed by atoms with Crippen molar-refractivity contribution in [3.8, 4) is 0 Å². The molecule has 1 aliphatic heterocycles. The largest absolute Gasteiger partial charge is 0.444 e. The van der Waals surface area contributed by atoms with Crippen molar-refractivity contribution in [3.63, 3.8) is 0 Å². The zero-order valence-electron chi connectivity index (χ0n) is 14.8. The maximum atomic E-state index is 12.4. The van der Waals surface area contributed by atoms with Gasteiger partial charge in [-0.15, -0.1) is 0 Å². The van der Waals surface area contributed by atoms with E-state index in [0.29, 0.717) is 0 Å². The van der Waals surface area contributed by atoms with Gasteiger partial charge in [0.05, 0.1) is 5.92 Å². The first kappa shape index (κ1) is 18.9. The molecule has 2 atom stereocenters. The minimum Gasteiger partial charge on any atom is -0.444 e. The lowest BCUT2D eigenvalue weighted by Gasteiger charge is -2.35. The van der Waals surface area contributed by atoms with Gasteiger partial charge in [-0.2, -0.15) is 0 Å². The Hall–Kier alpha value is -2.44. The van der Waals surface area contributed by atoms with Crippen molar-refractivity contribution in [1.29, 1.82) is 0 Å². The number of Topliss-reactive ketones (excluding diaryl/α,β-unsaturated/α-hetero) is 1. The normalized spacial score (nSPS) is 19.4. The number of hydrogen-bond donors (Lipinski definition) is 0. The summed E-state index contributed by atoms with van der Waals surface area (Å²) in [6.45, 7) is 5.40. The van der Waals surface area contributed by atoms with Gasteiger partial charge >= 0.3 is 6.09 Å². The number of ketones is 1. The number of hydrogen-bond acceptors (Lipinski definition) is 5. The highest BCUT2D eigenvalue weighted by Crippen LogP contribution is 2.30. The monoisotopic (exact) mass is 348 g/mol. The van der Waals surface area contributed by atoms with Gasteiger partial charge in [-0.25, -0.2) is 4.79 Å². The van der Waals surface area contributed by atoms with E-state index in [1.54, 1.807) is 45.0 Å². The summed E-state index contributed by atoms with van der Waals surface area (Å²) >= 11 is 0. The molecule has 0 spiro atoms. The predicted octanol–water partition coefficient (Wildman–Crippen LogP) is 2.87. The van der Waals surface area contributed by atoms with Crippen LogP contribution in [0.2, 0.25) is 0 Å². The minimum atomic E-state index is -0.631. The average Bonchev–Trinajstić information content (AvgIpc) is 2.52. The number of carbonyl (C=O) groups is 2. The van der Waals surface area contributed by atoms with Gasteiger partial charge in [-0.05, 0) is 26.3 Å². The minimum absolute atomic E-state index is 0.0458. The summed E-state index contributed by atoms with van der Waals surface area (Å²) in [5.74, 6) is -1.21. The number of nitro groups is 1. The SMILES string of the molecule is CC(C)(C)OC(=O)N1CCC(=O)[C@H]([C@@H](C[N+](=O)[O-])c2ccccc2)C1. The van der Waals surface area contributed by atoms with E-state index in [1.807, 2.05) is 6.07 Å². The number of piperidine rings is 1. The van der Waals surface area contributed by atoms with Gasteiger partial charge in [-0.1, -0.05) is 30.3 Å². The highest BCUT2D eigenvalue weighted by Gasteiger charge is 2.39. The molecule has 0 unspecified atom stereocenters. The number of carbonyl (C=O) groups excluding carboxylic acids is 2. The third kappa shape index (κ3) is 5.27. The number of likely N-dealkylation sites (tertiary alicyclic amines) is 1. The number of rotatable bonds is 4. The van der Waals surface area contributed by atoms with Gasteiger partial charge in [0.2, 0.25) is 6.54 Å². The van der Waals surface area contributed by atoms with E-state index >= 15 is 0 Å². The molecular formula is C18H24N2O5.